The molecule has 0 saturated heterocycles. The van der Waals surface area contributed by atoms with Gasteiger partial charge in [0.1, 0.15) is 0 Å². The standard InChI is InChI=1S/C64H42N4/c1-4-18-43(19-5-1)45-34-38-47(39-35-45)61-65-62(48-40-36-46(37-41-48)44-20-6-2-7-21-44)67-63(66-61)50-23-16-22-49(42-50)52-27-17-31-57-60(52)53-26-10-11-28-54(53)64(57)55-29-12-14-32-58(55)68(51-24-8-3-9-25-51)59-33-15-13-30-56(59)64/h1-42H. The van der Waals surface area contributed by atoms with E-state index in [1.807, 2.05) is 12.1 Å². The molecule has 0 atom stereocenters. The van der Waals surface area contributed by atoms with E-state index in [1.54, 1.807) is 0 Å². The monoisotopic (exact) mass is 866 g/mol. The largest absolute Gasteiger partial charge is 0.310 e. The molecule has 1 aromatic heterocycles. The van der Waals surface area contributed by atoms with Gasteiger partial charge >= 0.3 is 0 Å². The highest BCUT2D eigenvalue weighted by Crippen LogP contribution is 2.64. The van der Waals surface area contributed by atoms with Gasteiger partial charge < -0.3 is 4.90 Å². The zero-order valence-corrected chi connectivity index (χ0v) is 37.0. The van der Waals surface area contributed by atoms with Gasteiger partial charge in [-0.25, -0.2) is 15.0 Å². The van der Waals surface area contributed by atoms with E-state index in [4.69, 9.17) is 15.0 Å². The van der Waals surface area contributed by atoms with Crippen LogP contribution in [0, 0.1) is 0 Å². The normalized spacial score (nSPS) is 12.8. The van der Waals surface area contributed by atoms with Crippen LogP contribution in [0.3, 0.4) is 0 Å². The van der Waals surface area contributed by atoms with E-state index in [9.17, 15) is 0 Å². The van der Waals surface area contributed by atoms with Crippen molar-refractivity contribution in [2.24, 2.45) is 0 Å². The molecule has 2 aliphatic rings. The summed E-state index contributed by atoms with van der Waals surface area (Å²) in [4.78, 5) is 18.0. The van der Waals surface area contributed by atoms with E-state index in [2.05, 4.69) is 248 Å². The van der Waals surface area contributed by atoms with Crippen LogP contribution in [-0.2, 0) is 5.41 Å². The van der Waals surface area contributed by atoms with E-state index in [0.29, 0.717) is 17.5 Å². The quantitative estimate of drug-likeness (QED) is 0.160. The summed E-state index contributed by atoms with van der Waals surface area (Å²) in [5.74, 6) is 1.86. The molecule has 0 saturated carbocycles. The highest BCUT2D eigenvalue weighted by atomic mass is 15.2. The molecule has 1 spiro atoms. The second kappa shape index (κ2) is 16.2. The zero-order valence-electron chi connectivity index (χ0n) is 37.0. The average molecular weight is 867 g/mol. The number of anilines is 3. The lowest BCUT2D eigenvalue weighted by molar-refractivity contribution is 0.753. The second-order valence-electron chi connectivity index (χ2n) is 17.5. The lowest BCUT2D eigenvalue weighted by Gasteiger charge is -2.45. The van der Waals surface area contributed by atoms with Gasteiger partial charge in [0.25, 0.3) is 0 Å². The molecule has 10 aromatic carbocycles. The fraction of sp³-hybridized carbons (Fsp3) is 0.0156. The fourth-order valence-electron chi connectivity index (χ4n) is 10.7. The topological polar surface area (TPSA) is 41.9 Å². The first-order valence-corrected chi connectivity index (χ1v) is 23.2. The van der Waals surface area contributed by atoms with Gasteiger partial charge in [-0.1, -0.05) is 224 Å². The molecule has 1 aliphatic carbocycles. The first-order valence-electron chi connectivity index (χ1n) is 23.2. The minimum atomic E-state index is -0.553. The molecule has 0 fully saturated rings. The average Bonchev–Trinajstić information content (AvgIpc) is 3.72. The van der Waals surface area contributed by atoms with Crippen LogP contribution in [-0.4, -0.2) is 15.0 Å². The molecule has 0 amide bonds. The number of benzene rings is 10. The summed E-state index contributed by atoms with van der Waals surface area (Å²) in [6.07, 6.45) is 0. The third kappa shape index (κ3) is 6.34. The smallest absolute Gasteiger partial charge is 0.164 e. The van der Waals surface area contributed by atoms with Crippen molar-refractivity contribution < 1.29 is 0 Å². The number of rotatable bonds is 7. The van der Waals surface area contributed by atoms with E-state index in [0.717, 1.165) is 44.6 Å². The molecule has 0 bridgehead atoms. The zero-order chi connectivity index (χ0) is 45.0. The third-order valence-corrected chi connectivity index (χ3v) is 13.7. The number of hydrogen-bond donors (Lipinski definition) is 0. The highest BCUT2D eigenvalue weighted by molar-refractivity contribution is 6.00. The molecular weight excluding hydrogens is 825 g/mol. The molecule has 4 heteroatoms. The molecule has 0 N–H and O–H groups in total. The van der Waals surface area contributed by atoms with Crippen molar-refractivity contribution in [2.45, 2.75) is 5.41 Å². The van der Waals surface area contributed by atoms with E-state index < -0.39 is 5.41 Å². The second-order valence-corrected chi connectivity index (χ2v) is 17.5. The molecule has 4 nitrogen and oxygen atoms in total. The Morgan fingerprint density at radius 2 is 0.647 bits per heavy atom. The number of aromatic nitrogens is 3. The van der Waals surface area contributed by atoms with Crippen LogP contribution >= 0.6 is 0 Å². The van der Waals surface area contributed by atoms with Crippen LogP contribution in [0.4, 0.5) is 17.1 Å². The van der Waals surface area contributed by atoms with Gasteiger partial charge in [0, 0.05) is 22.4 Å². The van der Waals surface area contributed by atoms with Gasteiger partial charge in [0.2, 0.25) is 0 Å². The Bertz CT molecular complexity index is 3510. The summed E-state index contributed by atoms with van der Waals surface area (Å²) in [6, 6.07) is 91.2. The summed E-state index contributed by atoms with van der Waals surface area (Å²) < 4.78 is 0. The summed E-state index contributed by atoms with van der Waals surface area (Å²) in [5.41, 5.74) is 20.1. The molecular formula is C64H42N4. The van der Waals surface area contributed by atoms with Crippen molar-refractivity contribution >= 4 is 17.1 Å². The molecule has 0 radical (unpaired) electrons. The fourth-order valence-corrected chi connectivity index (χ4v) is 10.7. The van der Waals surface area contributed by atoms with E-state index >= 15 is 0 Å². The molecule has 13 rings (SSSR count). The lowest BCUT2D eigenvalue weighted by Crippen LogP contribution is -2.36. The minimum absolute atomic E-state index is 0.553. The maximum absolute atomic E-state index is 5.23. The van der Waals surface area contributed by atoms with Crippen molar-refractivity contribution in [3.63, 3.8) is 0 Å². The SMILES string of the molecule is c1ccc(-c2ccc(-c3nc(-c4ccc(-c5ccccc5)cc4)nc(-c4cccc(-c5cccc6c5-c5ccccc5C65c6ccccc6N(c6ccccc6)c6ccccc65)c4)n3)cc2)cc1. The molecule has 11 aromatic rings. The van der Waals surface area contributed by atoms with Crippen LogP contribution in [0.5, 0.6) is 0 Å². The minimum Gasteiger partial charge on any atom is -0.310 e. The number of hydrogen-bond acceptors (Lipinski definition) is 4. The van der Waals surface area contributed by atoms with E-state index in [-0.39, 0.29) is 0 Å². The van der Waals surface area contributed by atoms with Crippen LogP contribution in [0.2, 0.25) is 0 Å². The summed E-state index contributed by atoms with van der Waals surface area (Å²) >= 11 is 0. The highest BCUT2D eigenvalue weighted by Gasteiger charge is 2.52. The Kier molecular flexibility index (Phi) is 9.36. The van der Waals surface area contributed by atoms with Crippen molar-refractivity contribution in [3.8, 4) is 78.7 Å². The van der Waals surface area contributed by atoms with Gasteiger partial charge in [0.05, 0.1) is 16.8 Å². The maximum atomic E-state index is 5.23. The Labute approximate surface area is 396 Å². The van der Waals surface area contributed by atoms with Crippen molar-refractivity contribution in [2.75, 3.05) is 4.90 Å². The Morgan fingerprint density at radius 1 is 0.265 bits per heavy atom. The van der Waals surface area contributed by atoms with Gasteiger partial charge in [-0.05, 0) is 97.1 Å². The summed E-state index contributed by atoms with van der Waals surface area (Å²) in [7, 11) is 0. The molecule has 318 valence electrons. The molecule has 1 aliphatic heterocycles. The van der Waals surface area contributed by atoms with Gasteiger partial charge in [0.15, 0.2) is 17.5 Å². The van der Waals surface area contributed by atoms with Crippen molar-refractivity contribution in [1.29, 1.82) is 0 Å². The Morgan fingerprint density at radius 3 is 1.22 bits per heavy atom. The molecule has 0 unspecified atom stereocenters. The molecule has 2 heterocycles. The first kappa shape index (κ1) is 39.4. The number of nitrogens with zero attached hydrogens (tertiary/aromatic N) is 4. The van der Waals surface area contributed by atoms with Crippen LogP contribution < -0.4 is 4.90 Å². The Hall–Kier alpha value is -8.99. The number of para-hydroxylation sites is 3. The van der Waals surface area contributed by atoms with Gasteiger partial charge in [-0.2, -0.15) is 0 Å². The number of fused-ring (bicyclic) bond motifs is 9. The molecule has 68 heavy (non-hydrogen) atoms. The first-order chi connectivity index (χ1) is 33.7. The van der Waals surface area contributed by atoms with Crippen LogP contribution in [0.1, 0.15) is 22.3 Å². The predicted octanol–water partition coefficient (Wildman–Crippen LogP) is 16.0. The summed E-state index contributed by atoms with van der Waals surface area (Å²) in [5, 5.41) is 0. The predicted molar refractivity (Wildman–Crippen MR) is 278 cm³/mol. The van der Waals surface area contributed by atoms with Crippen LogP contribution in [0.15, 0.2) is 255 Å². The van der Waals surface area contributed by atoms with Gasteiger partial charge in [-0.15, -0.1) is 0 Å². The van der Waals surface area contributed by atoms with Crippen molar-refractivity contribution in [3.05, 3.63) is 277 Å². The van der Waals surface area contributed by atoms with Crippen molar-refractivity contribution in [1.82, 2.24) is 15.0 Å². The maximum Gasteiger partial charge on any atom is 0.164 e. The lowest BCUT2D eigenvalue weighted by atomic mass is 9.64. The van der Waals surface area contributed by atoms with Gasteiger partial charge in [-0.3, -0.25) is 0 Å². The van der Waals surface area contributed by atoms with E-state index in [1.165, 1.54) is 55.9 Å². The third-order valence-electron chi connectivity index (χ3n) is 13.7. The summed E-state index contributed by atoms with van der Waals surface area (Å²) in [6.45, 7) is 0. The Balaban J connectivity index is 0.967. The van der Waals surface area contributed by atoms with Crippen LogP contribution in [0.25, 0.3) is 78.7 Å².